The quantitative estimate of drug-likeness (QED) is 0.440. The summed E-state index contributed by atoms with van der Waals surface area (Å²) in [6, 6.07) is 7.49. The van der Waals surface area contributed by atoms with E-state index in [1.54, 1.807) is 0 Å². The highest BCUT2D eigenvalue weighted by Gasteiger charge is 2.24. The average molecular weight is 364 g/mol. The number of carbonyl (C=O) groups is 1. The fraction of sp³-hybridized carbons (Fsp3) is 0.389. The van der Waals surface area contributed by atoms with Crippen LogP contribution in [0.2, 0.25) is 0 Å². The molecule has 0 saturated heterocycles. The number of aromatic nitrogens is 2. The number of aryl methyl sites for hydroxylation is 1. The SMILES string of the molecule is Cc1ccc([C@@H](C)n2cnc(F)c2C(=O)OCOC(=S)C(C)C)cc1. The third-order valence-corrected chi connectivity index (χ3v) is 4.37. The van der Waals surface area contributed by atoms with Crippen LogP contribution in [-0.2, 0) is 9.47 Å². The Labute approximate surface area is 151 Å². The standard InChI is InChI=1S/C18H21FN2O3S/c1-11(2)18(25)24-10-23-17(22)15-16(19)20-9-21(15)13(4)14-7-5-12(3)6-8-14/h5-9,11,13H,10H2,1-4H3/t13-/m1/s1. The van der Waals surface area contributed by atoms with Crippen molar-refractivity contribution in [3.8, 4) is 0 Å². The molecule has 134 valence electrons. The molecule has 7 heteroatoms. The monoisotopic (exact) mass is 364 g/mol. The van der Waals surface area contributed by atoms with Gasteiger partial charge in [0.15, 0.2) is 10.7 Å². The Hall–Kier alpha value is -2.28. The topological polar surface area (TPSA) is 53.4 Å². The van der Waals surface area contributed by atoms with E-state index in [1.165, 1.54) is 10.9 Å². The zero-order valence-electron chi connectivity index (χ0n) is 14.7. The predicted molar refractivity (Wildman–Crippen MR) is 96.0 cm³/mol. The highest BCUT2D eigenvalue weighted by atomic mass is 32.1. The molecule has 0 spiro atoms. The van der Waals surface area contributed by atoms with Gasteiger partial charge in [0.1, 0.15) is 0 Å². The molecule has 0 N–H and O–H groups in total. The molecule has 1 aromatic carbocycles. The first kappa shape index (κ1) is 19.1. The van der Waals surface area contributed by atoms with Crippen LogP contribution in [0.3, 0.4) is 0 Å². The number of thiocarbonyl (C=S) groups is 1. The van der Waals surface area contributed by atoms with Crippen LogP contribution >= 0.6 is 12.2 Å². The number of hydrogen-bond donors (Lipinski definition) is 0. The van der Waals surface area contributed by atoms with Gasteiger partial charge in [-0.05, 0) is 31.6 Å². The number of imidazole rings is 1. The van der Waals surface area contributed by atoms with Crippen molar-refractivity contribution in [1.29, 1.82) is 0 Å². The highest BCUT2D eigenvalue weighted by molar-refractivity contribution is 7.80. The molecule has 1 aromatic heterocycles. The molecular formula is C18H21FN2O3S. The van der Waals surface area contributed by atoms with Crippen LogP contribution in [0.25, 0.3) is 0 Å². The molecule has 1 heterocycles. The van der Waals surface area contributed by atoms with E-state index >= 15 is 0 Å². The van der Waals surface area contributed by atoms with Crippen LogP contribution in [0.5, 0.6) is 0 Å². The molecule has 2 aromatic rings. The van der Waals surface area contributed by atoms with Crippen molar-refractivity contribution < 1.29 is 18.7 Å². The molecule has 5 nitrogen and oxygen atoms in total. The number of rotatable bonds is 6. The maximum absolute atomic E-state index is 14.0. The molecule has 0 amide bonds. The molecule has 2 rings (SSSR count). The van der Waals surface area contributed by atoms with E-state index in [0.29, 0.717) is 5.05 Å². The predicted octanol–water partition coefficient (Wildman–Crippen LogP) is 4.05. The first-order valence-electron chi connectivity index (χ1n) is 7.94. The second-order valence-electron chi connectivity index (χ2n) is 6.05. The van der Waals surface area contributed by atoms with Gasteiger partial charge in [0.25, 0.3) is 0 Å². The van der Waals surface area contributed by atoms with E-state index in [2.05, 4.69) is 4.98 Å². The summed E-state index contributed by atoms with van der Waals surface area (Å²) in [6.45, 7) is 7.20. The van der Waals surface area contributed by atoms with E-state index < -0.39 is 11.9 Å². The molecule has 0 bridgehead atoms. The molecule has 0 fully saturated rings. The maximum Gasteiger partial charge on any atom is 0.362 e. The van der Waals surface area contributed by atoms with Gasteiger partial charge in [-0.2, -0.15) is 4.39 Å². The lowest BCUT2D eigenvalue weighted by atomic mass is 10.1. The van der Waals surface area contributed by atoms with E-state index in [0.717, 1.165) is 11.1 Å². The van der Waals surface area contributed by atoms with Gasteiger partial charge in [0, 0.05) is 5.92 Å². The lowest BCUT2D eigenvalue weighted by Crippen LogP contribution is -2.19. The summed E-state index contributed by atoms with van der Waals surface area (Å²) in [6.07, 6.45) is 1.29. The second-order valence-corrected chi connectivity index (χ2v) is 6.45. The molecule has 25 heavy (non-hydrogen) atoms. The van der Waals surface area contributed by atoms with Crippen LogP contribution in [-0.4, -0.2) is 27.4 Å². The number of carbonyl (C=O) groups excluding carboxylic acids is 1. The average Bonchev–Trinajstić information content (AvgIpc) is 2.96. The molecule has 0 radical (unpaired) electrons. The van der Waals surface area contributed by atoms with Gasteiger partial charge in [-0.25, -0.2) is 9.78 Å². The van der Waals surface area contributed by atoms with E-state index in [1.807, 2.05) is 52.0 Å². The van der Waals surface area contributed by atoms with Crippen LogP contribution in [0.1, 0.15) is 48.4 Å². The Morgan fingerprint density at radius 3 is 2.48 bits per heavy atom. The van der Waals surface area contributed by atoms with Crippen molar-refractivity contribution in [2.45, 2.75) is 33.7 Å². The van der Waals surface area contributed by atoms with Crippen molar-refractivity contribution in [2.24, 2.45) is 5.92 Å². The molecular weight excluding hydrogens is 343 g/mol. The Bertz CT molecular complexity index is 756. The van der Waals surface area contributed by atoms with Crippen molar-refractivity contribution in [3.63, 3.8) is 0 Å². The summed E-state index contributed by atoms with van der Waals surface area (Å²) in [4.78, 5) is 15.8. The van der Waals surface area contributed by atoms with Crippen LogP contribution in [0.15, 0.2) is 30.6 Å². The smallest absolute Gasteiger partial charge is 0.362 e. The number of nitrogens with zero attached hydrogens (tertiary/aromatic N) is 2. The van der Waals surface area contributed by atoms with E-state index in [9.17, 15) is 9.18 Å². The maximum atomic E-state index is 14.0. The molecule has 0 saturated carbocycles. The normalized spacial score (nSPS) is 12.1. The summed E-state index contributed by atoms with van der Waals surface area (Å²) in [5.74, 6) is -1.70. The first-order valence-corrected chi connectivity index (χ1v) is 8.34. The third kappa shape index (κ3) is 4.63. The minimum atomic E-state index is -0.879. The Morgan fingerprint density at radius 2 is 1.88 bits per heavy atom. The Morgan fingerprint density at radius 1 is 1.24 bits per heavy atom. The molecule has 0 aliphatic carbocycles. The Kier molecular flexibility index (Phi) is 6.25. The fourth-order valence-electron chi connectivity index (χ4n) is 2.20. The van der Waals surface area contributed by atoms with Gasteiger partial charge in [-0.1, -0.05) is 43.7 Å². The Balaban J connectivity index is 2.13. The van der Waals surface area contributed by atoms with Crippen molar-refractivity contribution >= 4 is 23.2 Å². The zero-order chi connectivity index (χ0) is 18.6. The van der Waals surface area contributed by atoms with Gasteiger partial charge in [-0.15, -0.1) is 0 Å². The van der Waals surface area contributed by atoms with Gasteiger partial charge in [-0.3, -0.25) is 0 Å². The number of ether oxygens (including phenoxy) is 2. The number of benzene rings is 1. The summed E-state index contributed by atoms with van der Waals surface area (Å²) in [7, 11) is 0. The second kappa shape index (κ2) is 8.20. The van der Waals surface area contributed by atoms with Crippen LogP contribution in [0.4, 0.5) is 4.39 Å². The minimum absolute atomic E-state index is 0.0255. The molecule has 1 atom stereocenters. The largest absolute Gasteiger partial charge is 0.451 e. The summed E-state index contributed by atoms with van der Waals surface area (Å²) in [5, 5.41) is 0.329. The van der Waals surface area contributed by atoms with Gasteiger partial charge in [0.2, 0.25) is 12.7 Å². The van der Waals surface area contributed by atoms with Gasteiger partial charge in [0.05, 0.1) is 12.4 Å². The van der Waals surface area contributed by atoms with E-state index in [-0.39, 0.29) is 24.4 Å². The third-order valence-electron chi connectivity index (χ3n) is 3.78. The number of hydrogen-bond acceptors (Lipinski definition) is 5. The minimum Gasteiger partial charge on any atom is -0.451 e. The summed E-state index contributed by atoms with van der Waals surface area (Å²) < 4.78 is 25.6. The van der Waals surface area contributed by atoms with Gasteiger partial charge < -0.3 is 14.0 Å². The van der Waals surface area contributed by atoms with Crippen LogP contribution in [0, 0.1) is 18.8 Å². The first-order chi connectivity index (χ1) is 11.8. The lowest BCUT2D eigenvalue weighted by molar-refractivity contribution is 0.00927. The molecule has 0 unspecified atom stereocenters. The van der Waals surface area contributed by atoms with Crippen LogP contribution < -0.4 is 0 Å². The van der Waals surface area contributed by atoms with Gasteiger partial charge >= 0.3 is 5.97 Å². The number of halogens is 1. The van der Waals surface area contributed by atoms with Crippen molar-refractivity contribution in [3.05, 3.63) is 53.4 Å². The van der Waals surface area contributed by atoms with Crippen molar-refractivity contribution in [2.75, 3.05) is 6.79 Å². The molecule has 0 aliphatic heterocycles. The zero-order valence-corrected chi connectivity index (χ0v) is 15.5. The summed E-state index contributed by atoms with van der Waals surface area (Å²) >= 11 is 4.99. The van der Waals surface area contributed by atoms with Crippen molar-refractivity contribution in [1.82, 2.24) is 9.55 Å². The highest BCUT2D eigenvalue weighted by Crippen LogP contribution is 2.22. The molecule has 0 aliphatic rings. The summed E-state index contributed by atoms with van der Waals surface area (Å²) in [5.41, 5.74) is 1.80. The lowest BCUT2D eigenvalue weighted by Gasteiger charge is -2.17. The van der Waals surface area contributed by atoms with E-state index in [4.69, 9.17) is 21.7 Å². The fourth-order valence-corrected chi connectivity index (χ4v) is 2.25. The number of esters is 1.